The molecule has 0 aliphatic carbocycles. The number of carbonyl (C=O) groups excluding carboxylic acids is 1. The van der Waals surface area contributed by atoms with Crippen molar-refractivity contribution >= 4 is 5.97 Å². The molecule has 0 spiro atoms. The standard InChI is InChI=1S/C26H28F3N3O7/c1-34-23-24(16-36-14-17-9-5-3-6-10-17)13-19(21(31-32-30)20(39-24)15-37-23)38-22(33)25(35-2,26(27,28)29)18-11-7-4-8-12-18/h3-12,19-21,23H,13-16H2,1-2H3/t19-,20+,21-,23+,24-,25+/m1/s1. The highest BCUT2D eigenvalue weighted by Crippen LogP contribution is 2.45. The zero-order valence-corrected chi connectivity index (χ0v) is 21.2. The van der Waals surface area contributed by atoms with Crippen molar-refractivity contribution in [2.45, 2.75) is 54.9 Å². The van der Waals surface area contributed by atoms with Crippen LogP contribution in [0.15, 0.2) is 65.8 Å². The molecule has 2 aromatic rings. The molecule has 0 amide bonds. The van der Waals surface area contributed by atoms with Crippen molar-refractivity contribution in [2.24, 2.45) is 5.11 Å². The fourth-order valence-electron chi connectivity index (χ4n) is 5.03. The number of esters is 1. The summed E-state index contributed by atoms with van der Waals surface area (Å²) in [4.78, 5) is 16.2. The number of azide groups is 1. The van der Waals surface area contributed by atoms with E-state index in [1.165, 1.54) is 25.3 Å². The fraction of sp³-hybridized carbons (Fsp3) is 0.500. The summed E-state index contributed by atoms with van der Waals surface area (Å²) in [5, 5.41) is 3.69. The summed E-state index contributed by atoms with van der Waals surface area (Å²) >= 11 is 0. The van der Waals surface area contributed by atoms with E-state index in [4.69, 9.17) is 28.4 Å². The van der Waals surface area contributed by atoms with E-state index < -0.39 is 53.5 Å². The van der Waals surface area contributed by atoms with Crippen molar-refractivity contribution < 1.29 is 46.4 Å². The Hall–Kier alpha value is -3.19. The van der Waals surface area contributed by atoms with Gasteiger partial charge in [0.15, 0.2) is 6.29 Å². The highest BCUT2D eigenvalue weighted by Gasteiger charge is 2.65. The molecule has 2 aliphatic heterocycles. The molecule has 2 fully saturated rings. The first-order valence-corrected chi connectivity index (χ1v) is 12.1. The van der Waals surface area contributed by atoms with Crippen LogP contribution < -0.4 is 0 Å². The Morgan fingerprint density at radius 1 is 1.13 bits per heavy atom. The number of halogens is 3. The van der Waals surface area contributed by atoms with Gasteiger partial charge in [0.1, 0.15) is 17.7 Å². The van der Waals surface area contributed by atoms with E-state index in [-0.39, 0.29) is 26.2 Å². The fourth-order valence-corrected chi connectivity index (χ4v) is 5.03. The molecule has 4 rings (SSSR count). The highest BCUT2D eigenvalue weighted by molar-refractivity contribution is 5.83. The summed E-state index contributed by atoms with van der Waals surface area (Å²) in [6.45, 7) is -0.0302. The molecule has 0 unspecified atom stereocenters. The third kappa shape index (κ3) is 5.60. The number of rotatable bonds is 10. The average molecular weight is 552 g/mol. The van der Waals surface area contributed by atoms with Crippen molar-refractivity contribution in [3.63, 3.8) is 0 Å². The quantitative estimate of drug-likeness (QED) is 0.185. The molecule has 2 bridgehead atoms. The Morgan fingerprint density at radius 2 is 1.79 bits per heavy atom. The second-order valence-electron chi connectivity index (χ2n) is 9.19. The average Bonchev–Trinajstić information content (AvgIpc) is 2.92. The smallest absolute Gasteiger partial charge is 0.432 e. The van der Waals surface area contributed by atoms with Crippen molar-refractivity contribution in [1.82, 2.24) is 0 Å². The lowest BCUT2D eigenvalue weighted by Crippen LogP contribution is -2.67. The molecule has 210 valence electrons. The Kier molecular flexibility index (Phi) is 8.80. The second-order valence-corrected chi connectivity index (χ2v) is 9.19. The first-order valence-electron chi connectivity index (χ1n) is 12.1. The maximum absolute atomic E-state index is 14.5. The zero-order valence-electron chi connectivity index (χ0n) is 21.2. The lowest BCUT2D eigenvalue weighted by atomic mass is 9.84. The Bertz CT molecular complexity index is 1170. The van der Waals surface area contributed by atoms with Gasteiger partial charge in [-0.2, -0.15) is 13.2 Å². The predicted octanol–water partition coefficient (Wildman–Crippen LogP) is 4.43. The number of hydrogen-bond donors (Lipinski definition) is 0. The third-order valence-corrected chi connectivity index (χ3v) is 6.82. The van der Waals surface area contributed by atoms with Gasteiger partial charge in [0, 0.05) is 31.1 Å². The lowest BCUT2D eigenvalue weighted by Gasteiger charge is -2.53. The maximum atomic E-state index is 14.5. The van der Waals surface area contributed by atoms with Gasteiger partial charge in [-0.05, 0) is 11.1 Å². The second kappa shape index (κ2) is 11.9. The van der Waals surface area contributed by atoms with Crippen LogP contribution in [0.3, 0.4) is 0 Å². The van der Waals surface area contributed by atoms with Crippen molar-refractivity contribution in [3.05, 3.63) is 82.2 Å². The first-order chi connectivity index (χ1) is 18.7. The van der Waals surface area contributed by atoms with E-state index in [1.807, 2.05) is 30.3 Å². The van der Waals surface area contributed by atoms with Crippen LogP contribution in [0.25, 0.3) is 10.4 Å². The zero-order chi connectivity index (χ0) is 28.1. The molecule has 13 heteroatoms. The van der Waals surface area contributed by atoms with E-state index in [9.17, 15) is 23.5 Å². The topological polar surface area (TPSA) is 121 Å². The van der Waals surface area contributed by atoms with Gasteiger partial charge in [-0.1, -0.05) is 65.8 Å². The van der Waals surface area contributed by atoms with Gasteiger partial charge in [-0.15, -0.1) is 0 Å². The number of nitrogens with zero attached hydrogens (tertiary/aromatic N) is 3. The highest BCUT2D eigenvalue weighted by atomic mass is 19.4. The Labute approximate surface area is 222 Å². The lowest BCUT2D eigenvalue weighted by molar-refractivity contribution is -0.351. The molecule has 0 N–H and O–H groups in total. The number of carbonyl (C=O) groups is 1. The summed E-state index contributed by atoms with van der Waals surface area (Å²) in [6.07, 6.45) is -8.70. The summed E-state index contributed by atoms with van der Waals surface area (Å²) in [7, 11) is 2.15. The largest absolute Gasteiger partial charge is 0.459 e. The van der Waals surface area contributed by atoms with E-state index in [0.29, 0.717) is 0 Å². The van der Waals surface area contributed by atoms with Crippen LogP contribution in [0.1, 0.15) is 17.5 Å². The van der Waals surface area contributed by atoms with Gasteiger partial charge in [0.05, 0.1) is 25.9 Å². The maximum Gasteiger partial charge on any atom is 0.432 e. The van der Waals surface area contributed by atoms with Crippen molar-refractivity contribution in [1.29, 1.82) is 0 Å². The first kappa shape index (κ1) is 28.8. The van der Waals surface area contributed by atoms with E-state index in [1.54, 1.807) is 0 Å². The minimum atomic E-state index is -5.18. The van der Waals surface area contributed by atoms with Crippen molar-refractivity contribution in [2.75, 3.05) is 27.4 Å². The number of ether oxygens (including phenoxy) is 6. The molecule has 2 aromatic carbocycles. The van der Waals surface area contributed by atoms with Crippen LogP contribution in [-0.2, 0) is 45.4 Å². The minimum absolute atomic E-state index is 0.110. The Morgan fingerprint density at radius 3 is 2.38 bits per heavy atom. The minimum Gasteiger partial charge on any atom is -0.459 e. The van der Waals surface area contributed by atoms with E-state index in [0.717, 1.165) is 24.8 Å². The summed E-state index contributed by atoms with van der Waals surface area (Å²) in [5.74, 6) is -1.71. The molecular formula is C26H28F3N3O7. The monoisotopic (exact) mass is 551 g/mol. The SMILES string of the molecule is CO[C@H]1OC[C@@H]2O[C@@]1(COCc1ccccc1)C[C@@H](OC(=O)[C@@](OC)(c1ccccc1)C(F)(F)F)[C@H]2N=[N+]=[N-]. The summed E-state index contributed by atoms with van der Waals surface area (Å²) in [6, 6.07) is 14.5. The van der Waals surface area contributed by atoms with Crippen LogP contribution in [0.5, 0.6) is 0 Å². The number of methoxy groups -OCH3 is 2. The molecule has 2 saturated heterocycles. The molecule has 0 saturated carbocycles. The van der Waals surface area contributed by atoms with Gasteiger partial charge in [-0.3, -0.25) is 0 Å². The number of alkyl halides is 3. The molecule has 2 aliphatic rings. The van der Waals surface area contributed by atoms with Crippen LogP contribution in [0.2, 0.25) is 0 Å². The predicted molar refractivity (Wildman–Crippen MR) is 129 cm³/mol. The van der Waals surface area contributed by atoms with Crippen LogP contribution in [0, 0.1) is 0 Å². The van der Waals surface area contributed by atoms with E-state index >= 15 is 0 Å². The van der Waals surface area contributed by atoms with Gasteiger partial charge in [-0.25, -0.2) is 4.79 Å². The molecule has 0 aromatic heterocycles. The van der Waals surface area contributed by atoms with E-state index in [2.05, 4.69) is 10.0 Å². The van der Waals surface area contributed by atoms with Gasteiger partial charge >= 0.3 is 12.1 Å². The normalized spacial score (nSPS) is 28.1. The molecule has 10 nitrogen and oxygen atoms in total. The van der Waals surface area contributed by atoms with Gasteiger partial charge < -0.3 is 28.4 Å². The molecule has 2 heterocycles. The molecule has 39 heavy (non-hydrogen) atoms. The molecule has 6 atom stereocenters. The number of fused-ring (bicyclic) bond motifs is 2. The molecular weight excluding hydrogens is 523 g/mol. The van der Waals surface area contributed by atoms with Crippen molar-refractivity contribution in [3.8, 4) is 0 Å². The summed E-state index contributed by atoms with van der Waals surface area (Å²) < 4.78 is 77.1. The molecule has 0 radical (unpaired) electrons. The number of hydrogen-bond acceptors (Lipinski definition) is 8. The number of benzene rings is 2. The van der Waals surface area contributed by atoms with Gasteiger partial charge in [0.2, 0.25) is 0 Å². The van der Waals surface area contributed by atoms with Gasteiger partial charge in [0.25, 0.3) is 5.60 Å². The summed E-state index contributed by atoms with van der Waals surface area (Å²) in [5.41, 5.74) is 4.80. The van der Waals surface area contributed by atoms with Crippen LogP contribution >= 0.6 is 0 Å². The van der Waals surface area contributed by atoms with Crippen LogP contribution in [-0.4, -0.2) is 69.7 Å². The third-order valence-electron chi connectivity index (χ3n) is 6.82. The van der Waals surface area contributed by atoms with Crippen LogP contribution in [0.4, 0.5) is 13.2 Å². The Balaban J connectivity index is 1.65.